The summed E-state index contributed by atoms with van der Waals surface area (Å²) in [7, 11) is 0. The molecule has 0 spiro atoms. The Morgan fingerprint density at radius 1 is 0.800 bits per heavy atom. The van der Waals surface area contributed by atoms with E-state index in [2.05, 4.69) is 48.3 Å². The molecule has 1 N–H and O–H groups in total. The molecule has 0 heterocycles. The Bertz CT molecular complexity index is 341. The second-order valence-corrected chi connectivity index (χ2v) is 3.40. The van der Waals surface area contributed by atoms with Crippen LogP contribution >= 0.6 is 0 Å². The van der Waals surface area contributed by atoms with Gasteiger partial charge in [0.2, 0.25) is 0 Å². The first-order chi connectivity index (χ1) is 7.45. The molecule has 0 bridgehead atoms. The molecule has 0 atom stereocenters. The van der Waals surface area contributed by atoms with Gasteiger partial charge in [0.25, 0.3) is 0 Å². The molecule has 1 nitrogen and oxygen atoms in total. The van der Waals surface area contributed by atoms with Gasteiger partial charge in [-0.05, 0) is 24.1 Å². The van der Waals surface area contributed by atoms with E-state index in [1.807, 2.05) is 24.3 Å². The molecule has 1 heteroatoms. The summed E-state index contributed by atoms with van der Waals surface area (Å²) in [5, 5.41) is 3.27. The van der Waals surface area contributed by atoms with Crippen LogP contribution in [0.25, 0.3) is 0 Å². The molecule has 15 heavy (non-hydrogen) atoms. The van der Waals surface area contributed by atoms with Crippen LogP contribution in [0.1, 0.15) is 5.56 Å². The van der Waals surface area contributed by atoms with Gasteiger partial charge in [-0.2, -0.15) is 0 Å². The first-order valence-corrected chi connectivity index (χ1v) is 5.12. The minimum atomic E-state index is 0.940. The van der Waals surface area contributed by atoms with E-state index in [1.165, 1.54) is 5.56 Å². The van der Waals surface area contributed by atoms with E-state index in [9.17, 15) is 0 Å². The average molecular weight is 196 g/mol. The minimum Gasteiger partial charge on any atom is -0.380 e. The van der Waals surface area contributed by atoms with Crippen LogP contribution in [-0.4, -0.2) is 0 Å². The van der Waals surface area contributed by atoms with Crippen molar-refractivity contribution < 1.29 is 0 Å². The van der Waals surface area contributed by atoms with Crippen LogP contribution in [0, 0.1) is 6.54 Å². The summed E-state index contributed by atoms with van der Waals surface area (Å²) in [6.45, 7) is 2.07. The van der Waals surface area contributed by atoms with Crippen LogP contribution in [0.4, 0.5) is 5.69 Å². The number of rotatable bonds is 4. The van der Waals surface area contributed by atoms with E-state index < -0.39 is 0 Å². The van der Waals surface area contributed by atoms with Gasteiger partial charge in [-0.3, -0.25) is 0 Å². The van der Waals surface area contributed by atoms with Gasteiger partial charge in [-0.1, -0.05) is 48.5 Å². The Hall–Kier alpha value is -1.76. The number of anilines is 1. The van der Waals surface area contributed by atoms with E-state index in [0.29, 0.717) is 0 Å². The van der Waals surface area contributed by atoms with Crippen LogP contribution < -0.4 is 5.32 Å². The molecule has 1 radical (unpaired) electrons. The normalized spacial score (nSPS) is 9.87. The van der Waals surface area contributed by atoms with Crippen molar-refractivity contribution in [2.45, 2.75) is 6.42 Å². The standard InChI is InChI=1S/C14H14N/c1-3-7-13(8-4-1)11-12-15-14-9-5-2-6-10-14/h1-10,12,15H,11H2. The van der Waals surface area contributed by atoms with Crippen LogP contribution in [0.5, 0.6) is 0 Å². The third-order valence-corrected chi connectivity index (χ3v) is 2.22. The highest BCUT2D eigenvalue weighted by atomic mass is 14.9. The van der Waals surface area contributed by atoms with Crippen molar-refractivity contribution in [1.29, 1.82) is 0 Å². The maximum atomic E-state index is 3.27. The summed E-state index contributed by atoms with van der Waals surface area (Å²) >= 11 is 0. The lowest BCUT2D eigenvalue weighted by Crippen LogP contribution is -1.97. The van der Waals surface area contributed by atoms with E-state index >= 15 is 0 Å². The van der Waals surface area contributed by atoms with Crippen LogP contribution in [0.2, 0.25) is 0 Å². The smallest absolute Gasteiger partial charge is 0.0506 e. The van der Waals surface area contributed by atoms with Gasteiger partial charge in [0.05, 0.1) is 6.54 Å². The lowest BCUT2D eigenvalue weighted by atomic mass is 10.1. The largest absolute Gasteiger partial charge is 0.380 e. The van der Waals surface area contributed by atoms with Gasteiger partial charge >= 0.3 is 0 Å². The van der Waals surface area contributed by atoms with E-state index in [-0.39, 0.29) is 0 Å². The lowest BCUT2D eigenvalue weighted by Gasteiger charge is -2.04. The molecule has 0 unspecified atom stereocenters. The molecule has 0 aromatic heterocycles. The van der Waals surface area contributed by atoms with Crippen molar-refractivity contribution in [2.24, 2.45) is 0 Å². The van der Waals surface area contributed by atoms with Gasteiger partial charge < -0.3 is 5.32 Å². The molecule has 0 amide bonds. The summed E-state index contributed by atoms with van der Waals surface area (Å²) in [6, 6.07) is 20.6. The van der Waals surface area contributed by atoms with Gasteiger partial charge in [-0.15, -0.1) is 0 Å². The van der Waals surface area contributed by atoms with Crippen molar-refractivity contribution in [3.63, 3.8) is 0 Å². The summed E-state index contributed by atoms with van der Waals surface area (Å²) in [5.74, 6) is 0. The summed E-state index contributed by atoms with van der Waals surface area (Å²) < 4.78 is 0. The Balaban J connectivity index is 1.81. The van der Waals surface area contributed by atoms with Crippen molar-refractivity contribution in [3.8, 4) is 0 Å². The Morgan fingerprint density at radius 3 is 2.07 bits per heavy atom. The van der Waals surface area contributed by atoms with E-state index in [1.54, 1.807) is 0 Å². The molecule has 75 valence electrons. The Kier molecular flexibility index (Phi) is 3.39. The molecular weight excluding hydrogens is 182 g/mol. The summed E-state index contributed by atoms with van der Waals surface area (Å²) in [6.07, 6.45) is 0.940. The zero-order chi connectivity index (χ0) is 10.3. The second-order valence-electron chi connectivity index (χ2n) is 3.40. The van der Waals surface area contributed by atoms with E-state index in [0.717, 1.165) is 12.1 Å². The highest BCUT2D eigenvalue weighted by molar-refractivity contribution is 5.44. The molecule has 0 saturated carbocycles. The molecular formula is C14H14N. The second kappa shape index (κ2) is 5.20. The minimum absolute atomic E-state index is 0.940. The maximum absolute atomic E-state index is 3.27. The van der Waals surface area contributed by atoms with Crippen molar-refractivity contribution in [2.75, 3.05) is 5.32 Å². The number of hydrogen-bond acceptors (Lipinski definition) is 1. The Labute approximate surface area is 90.8 Å². The monoisotopic (exact) mass is 196 g/mol. The fourth-order valence-corrected chi connectivity index (χ4v) is 1.44. The molecule has 2 aromatic rings. The zero-order valence-electron chi connectivity index (χ0n) is 8.56. The number of benzene rings is 2. The number of hydrogen-bond donors (Lipinski definition) is 1. The highest BCUT2D eigenvalue weighted by Crippen LogP contribution is 2.07. The topological polar surface area (TPSA) is 12.0 Å². The van der Waals surface area contributed by atoms with Gasteiger partial charge in [0.1, 0.15) is 0 Å². The summed E-state index contributed by atoms with van der Waals surface area (Å²) in [4.78, 5) is 0. The highest BCUT2D eigenvalue weighted by Gasteiger charge is 1.92. The first-order valence-electron chi connectivity index (χ1n) is 5.12. The molecule has 0 aliphatic carbocycles. The maximum Gasteiger partial charge on any atom is 0.0506 e. The SMILES string of the molecule is [CH](Cc1ccccc1)Nc1ccccc1. The molecule has 0 aliphatic heterocycles. The third-order valence-electron chi connectivity index (χ3n) is 2.22. The van der Waals surface area contributed by atoms with Gasteiger partial charge in [-0.25, -0.2) is 0 Å². The predicted octanol–water partition coefficient (Wildman–Crippen LogP) is 3.50. The molecule has 0 aliphatic rings. The lowest BCUT2D eigenvalue weighted by molar-refractivity contribution is 1.15. The molecule has 0 saturated heterocycles. The Morgan fingerprint density at radius 2 is 1.40 bits per heavy atom. The number of nitrogens with one attached hydrogen (secondary N) is 1. The predicted molar refractivity (Wildman–Crippen MR) is 64.5 cm³/mol. The van der Waals surface area contributed by atoms with E-state index in [4.69, 9.17) is 0 Å². The van der Waals surface area contributed by atoms with Gasteiger partial charge in [0, 0.05) is 5.69 Å². The van der Waals surface area contributed by atoms with Crippen LogP contribution in [0.3, 0.4) is 0 Å². The summed E-state index contributed by atoms with van der Waals surface area (Å²) in [5.41, 5.74) is 2.45. The van der Waals surface area contributed by atoms with Gasteiger partial charge in [0.15, 0.2) is 0 Å². The molecule has 2 rings (SSSR count). The zero-order valence-corrected chi connectivity index (χ0v) is 8.56. The van der Waals surface area contributed by atoms with Crippen molar-refractivity contribution >= 4 is 5.69 Å². The van der Waals surface area contributed by atoms with Crippen LogP contribution in [0.15, 0.2) is 60.7 Å². The van der Waals surface area contributed by atoms with Crippen molar-refractivity contribution in [3.05, 3.63) is 72.8 Å². The van der Waals surface area contributed by atoms with Crippen LogP contribution in [-0.2, 0) is 6.42 Å². The fraction of sp³-hybridized carbons (Fsp3) is 0.0714. The molecule has 2 aromatic carbocycles. The third kappa shape index (κ3) is 3.13. The molecule has 0 fully saturated rings. The average Bonchev–Trinajstić information content (AvgIpc) is 2.32. The number of para-hydroxylation sites is 1. The first kappa shape index (κ1) is 9.78. The van der Waals surface area contributed by atoms with Crippen molar-refractivity contribution in [1.82, 2.24) is 0 Å². The quantitative estimate of drug-likeness (QED) is 0.789. The fourth-order valence-electron chi connectivity index (χ4n) is 1.44.